The lowest BCUT2D eigenvalue weighted by molar-refractivity contribution is -0.127. The van der Waals surface area contributed by atoms with Crippen molar-refractivity contribution in [2.24, 2.45) is 5.41 Å². The Morgan fingerprint density at radius 3 is 2.50 bits per heavy atom. The fourth-order valence-corrected chi connectivity index (χ4v) is 5.00. The maximum atomic E-state index is 12.7. The number of amides is 3. The van der Waals surface area contributed by atoms with Gasteiger partial charge < -0.3 is 15.5 Å². The van der Waals surface area contributed by atoms with E-state index in [1.807, 2.05) is 0 Å². The summed E-state index contributed by atoms with van der Waals surface area (Å²) < 4.78 is 35.0. The number of urea groups is 1. The molecular formula is C15H24N4O6S. The molecule has 4 rings (SSSR count). The van der Waals surface area contributed by atoms with Crippen LogP contribution in [0.4, 0.5) is 4.79 Å². The van der Waals surface area contributed by atoms with Crippen LogP contribution in [0.5, 0.6) is 0 Å². The van der Waals surface area contributed by atoms with Gasteiger partial charge in [0.15, 0.2) is 0 Å². The average Bonchev–Trinajstić information content (AvgIpc) is 2.78. The molecule has 1 aliphatic carbocycles. The Bertz CT molecular complexity index is 699. The second-order valence-corrected chi connectivity index (χ2v) is 8.90. The Balaban J connectivity index is 1.35. The molecule has 3 aliphatic heterocycles. The van der Waals surface area contributed by atoms with Crippen LogP contribution in [0.2, 0.25) is 0 Å². The summed E-state index contributed by atoms with van der Waals surface area (Å²) in [5, 5.41) is 7.04. The van der Waals surface area contributed by atoms with Crippen molar-refractivity contribution in [3.05, 3.63) is 0 Å². The Labute approximate surface area is 152 Å². The van der Waals surface area contributed by atoms with Gasteiger partial charge in [-0.3, -0.25) is 9.35 Å². The van der Waals surface area contributed by atoms with Crippen LogP contribution in [0, 0.1) is 5.41 Å². The molecule has 4 fully saturated rings. The Morgan fingerprint density at radius 2 is 1.92 bits per heavy atom. The number of nitrogens with zero attached hydrogens (tertiary/aromatic N) is 2. The number of nitrogens with one attached hydrogen (secondary N) is 2. The molecule has 0 aromatic heterocycles. The van der Waals surface area contributed by atoms with Gasteiger partial charge in [-0.15, -0.1) is 4.28 Å². The summed E-state index contributed by atoms with van der Waals surface area (Å²) in [6.07, 6.45) is 4.94. The van der Waals surface area contributed by atoms with E-state index in [1.54, 1.807) is 0 Å². The minimum absolute atomic E-state index is 0.120. The van der Waals surface area contributed by atoms with Crippen molar-refractivity contribution in [1.29, 1.82) is 0 Å². The summed E-state index contributed by atoms with van der Waals surface area (Å²) in [5.74, 6) is -0.196. The van der Waals surface area contributed by atoms with Gasteiger partial charge in [0, 0.05) is 25.7 Å². The molecular weight excluding hydrogens is 364 g/mol. The first-order chi connectivity index (χ1) is 12.3. The van der Waals surface area contributed by atoms with Crippen LogP contribution < -0.4 is 10.6 Å². The zero-order chi connectivity index (χ0) is 18.5. The second kappa shape index (κ2) is 6.32. The van der Waals surface area contributed by atoms with E-state index in [4.69, 9.17) is 4.55 Å². The maximum absolute atomic E-state index is 12.7. The zero-order valence-corrected chi connectivity index (χ0v) is 15.2. The van der Waals surface area contributed by atoms with Crippen LogP contribution >= 0.6 is 0 Å². The van der Waals surface area contributed by atoms with E-state index in [1.165, 1.54) is 4.90 Å². The third-order valence-electron chi connectivity index (χ3n) is 6.19. The normalized spacial score (nSPS) is 31.2. The first kappa shape index (κ1) is 18.0. The van der Waals surface area contributed by atoms with Gasteiger partial charge >= 0.3 is 16.4 Å². The molecule has 10 nitrogen and oxygen atoms in total. The van der Waals surface area contributed by atoms with Crippen molar-refractivity contribution in [3.63, 3.8) is 0 Å². The quantitative estimate of drug-likeness (QED) is 0.561. The molecule has 3 N–H and O–H groups in total. The summed E-state index contributed by atoms with van der Waals surface area (Å²) in [5.41, 5.74) is 0.415. The predicted octanol–water partition coefficient (Wildman–Crippen LogP) is -0.362. The minimum Gasteiger partial charge on any atom is -0.352 e. The Morgan fingerprint density at radius 1 is 1.23 bits per heavy atom. The largest absolute Gasteiger partial charge is 0.418 e. The van der Waals surface area contributed by atoms with E-state index < -0.39 is 28.5 Å². The van der Waals surface area contributed by atoms with Crippen LogP contribution in [0.25, 0.3) is 0 Å². The highest BCUT2D eigenvalue weighted by molar-refractivity contribution is 7.80. The van der Waals surface area contributed by atoms with Gasteiger partial charge in [-0.2, -0.15) is 13.5 Å². The number of hydrogen-bond acceptors (Lipinski definition) is 6. The minimum atomic E-state index is -4.77. The molecule has 1 spiro atoms. The molecule has 4 aliphatic rings. The Kier molecular flexibility index (Phi) is 4.37. The fourth-order valence-electron chi connectivity index (χ4n) is 4.61. The van der Waals surface area contributed by atoms with Crippen molar-refractivity contribution in [1.82, 2.24) is 20.6 Å². The first-order valence-electron chi connectivity index (χ1n) is 9.04. The molecule has 11 heteroatoms. The van der Waals surface area contributed by atoms with E-state index >= 15 is 0 Å². The molecule has 0 unspecified atom stereocenters. The van der Waals surface area contributed by atoms with Gasteiger partial charge in [0.2, 0.25) is 5.91 Å². The van der Waals surface area contributed by atoms with Crippen LogP contribution in [0.3, 0.4) is 0 Å². The summed E-state index contributed by atoms with van der Waals surface area (Å²) in [6, 6.07) is -1.69. The summed E-state index contributed by atoms with van der Waals surface area (Å²) in [6.45, 7) is 2.33. The van der Waals surface area contributed by atoms with Crippen molar-refractivity contribution >= 4 is 22.3 Å². The van der Waals surface area contributed by atoms with E-state index in [9.17, 15) is 18.0 Å². The average molecular weight is 388 g/mol. The van der Waals surface area contributed by atoms with Crippen molar-refractivity contribution in [3.8, 4) is 0 Å². The molecule has 2 bridgehead atoms. The number of hydrogen-bond donors (Lipinski definition) is 3. The zero-order valence-electron chi connectivity index (χ0n) is 14.4. The maximum Gasteiger partial charge on any atom is 0.418 e. The Hall–Kier alpha value is -1.43. The fraction of sp³-hybridized carbons (Fsp3) is 0.867. The van der Waals surface area contributed by atoms with Gasteiger partial charge in [-0.05, 0) is 43.9 Å². The number of hydroxylamine groups is 2. The number of carbonyl (C=O) groups is 2. The second-order valence-electron chi connectivity index (χ2n) is 7.90. The lowest BCUT2D eigenvalue weighted by atomic mass is 9.68. The van der Waals surface area contributed by atoms with Gasteiger partial charge in [-0.1, -0.05) is 0 Å². The molecule has 3 saturated heterocycles. The number of piperidine rings is 1. The van der Waals surface area contributed by atoms with Gasteiger partial charge in [0.1, 0.15) is 6.04 Å². The topological polar surface area (TPSA) is 128 Å². The first-order valence-corrected chi connectivity index (χ1v) is 10.4. The third-order valence-corrected chi connectivity index (χ3v) is 6.54. The molecule has 2 atom stereocenters. The van der Waals surface area contributed by atoms with Crippen molar-refractivity contribution < 1.29 is 26.8 Å². The monoisotopic (exact) mass is 388 g/mol. The molecule has 0 radical (unpaired) electrons. The number of fused-ring (bicyclic) bond motifs is 2. The van der Waals surface area contributed by atoms with Crippen molar-refractivity contribution in [2.75, 3.05) is 19.6 Å². The highest BCUT2D eigenvalue weighted by Crippen LogP contribution is 2.39. The van der Waals surface area contributed by atoms with Gasteiger partial charge in [0.05, 0.1) is 6.04 Å². The molecule has 3 heterocycles. The molecule has 146 valence electrons. The summed E-state index contributed by atoms with van der Waals surface area (Å²) >= 11 is 0. The summed E-state index contributed by atoms with van der Waals surface area (Å²) in [7, 11) is -4.77. The predicted molar refractivity (Wildman–Crippen MR) is 89.1 cm³/mol. The molecule has 1 saturated carbocycles. The summed E-state index contributed by atoms with van der Waals surface area (Å²) in [4.78, 5) is 26.4. The van der Waals surface area contributed by atoms with E-state index in [-0.39, 0.29) is 18.5 Å². The lowest BCUT2D eigenvalue weighted by Crippen LogP contribution is -2.58. The van der Waals surface area contributed by atoms with Crippen LogP contribution in [-0.2, 0) is 19.5 Å². The smallest absolute Gasteiger partial charge is 0.352 e. The molecule has 3 amide bonds. The standard InChI is InChI=1S/C15H24N4O6S/c20-13(17-10-3-5-15(6-4-10)8-16-9-15)12-2-1-11-7-18(12)14(21)19(11)25-26(22,23)24/h10-12,16H,1-9H2,(H,17,20)(H,22,23,24)/t11-,12+/m1/s1. The molecule has 0 aromatic carbocycles. The number of rotatable bonds is 4. The SMILES string of the molecule is O=C(NC1CCC2(CC1)CNC2)[C@@H]1CC[C@@H]2CN1C(=O)N2OS(=O)(=O)O. The highest BCUT2D eigenvalue weighted by atomic mass is 32.3. The van der Waals surface area contributed by atoms with Gasteiger partial charge in [0.25, 0.3) is 0 Å². The van der Waals surface area contributed by atoms with Gasteiger partial charge in [-0.25, -0.2) is 4.79 Å². The van der Waals surface area contributed by atoms with Crippen molar-refractivity contribution in [2.45, 2.75) is 56.7 Å². The van der Waals surface area contributed by atoms with E-state index in [2.05, 4.69) is 14.9 Å². The third kappa shape index (κ3) is 3.28. The lowest BCUT2D eigenvalue weighted by Gasteiger charge is -2.47. The molecule has 0 aromatic rings. The van der Waals surface area contributed by atoms with Crippen LogP contribution in [0.1, 0.15) is 38.5 Å². The van der Waals surface area contributed by atoms with E-state index in [0.29, 0.717) is 23.3 Å². The van der Waals surface area contributed by atoms with Crippen LogP contribution in [-0.4, -0.2) is 72.6 Å². The highest BCUT2D eigenvalue weighted by Gasteiger charge is 2.49. The molecule has 26 heavy (non-hydrogen) atoms. The van der Waals surface area contributed by atoms with Crippen LogP contribution in [0.15, 0.2) is 0 Å². The van der Waals surface area contributed by atoms with E-state index in [0.717, 1.165) is 38.8 Å². The number of carbonyl (C=O) groups excluding carboxylic acids is 2.